The summed E-state index contributed by atoms with van der Waals surface area (Å²) in [5, 5.41) is 0. The molecule has 1 fully saturated rings. The second-order valence-corrected chi connectivity index (χ2v) is 7.49. The Morgan fingerprint density at radius 3 is 2.71 bits per heavy atom. The molecule has 2 aromatic rings. The molecule has 0 saturated heterocycles. The molecule has 1 aliphatic rings. The van der Waals surface area contributed by atoms with E-state index in [1.165, 1.54) is 6.07 Å². The Hall–Kier alpha value is -1.42. The van der Waals surface area contributed by atoms with Crippen LogP contribution < -0.4 is 5.73 Å². The molecule has 3 rings (SSSR count). The molecule has 4 heteroatoms. The number of fused-ring (bicyclic) bond motifs is 1. The van der Waals surface area contributed by atoms with E-state index in [0.717, 1.165) is 42.5 Å². The van der Waals surface area contributed by atoms with E-state index in [4.69, 9.17) is 10.7 Å². The summed E-state index contributed by atoms with van der Waals surface area (Å²) in [5.74, 6) is 0.810. The van der Waals surface area contributed by atoms with Crippen molar-refractivity contribution < 1.29 is 4.39 Å². The summed E-state index contributed by atoms with van der Waals surface area (Å²) in [7, 11) is 0. The first kappa shape index (κ1) is 14.5. The van der Waals surface area contributed by atoms with Crippen molar-refractivity contribution in [2.75, 3.05) is 0 Å². The highest BCUT2D eigenvalue weighted by Crippen LogP contribution is 2.39. The van der Waals surface area contributed by atoms with Gasteiger partial charge in [0.15, 0.2) is 0 Å². The lowest BCUT2D eigenvalue weighted by Crippen LogP contribution is -2.29. The van der Waals surface area contributed by atoms with Crippen LogP contribution in [-0.2, 0) is 6.42 Å². The zero-order chi connectivity index (χ0) is 15.2. The molecule has 21 heavy (non-hydrogen) atoms. The molecule has 3 nitrogen and oxygen atoms in total. The van der Waals surface area contributed by atoms with Crippen LogP contribution in [0.15, 0.2) is 18.2 Å². The van der Waals surface area contributed by atoms with Crippen LogP contribution in [-0.4, -0.2) is 15.6 Å². The largest absolute Gasteiger partial charge is 0.327 e. The van der Waals surface area contributed by atoms with Crippen molar-refractivity contribution in [3.63, 3.8) is 0 Å². The van der Waals surface area contributed by atoms with Crippen LogP contribution in [0.1, 0.15) is 51.9 Å². The maximum atomic E-state index is 13.5. The van der Waals surface area contributed by atoms with E-state index < -0.39 is 0 Å². The van der Waals surface area contributed by atoms with Crippen molar-refractivity contribution in [2.24, 2.45) is 11.1 Å². The maximum absolute atomic E-state index is 13.5. The number of imidazole rings is 1. The molecule has 2 N–H and O–H groups in total. The Bertz CT molecular complexity index is 650. The summed E-state index contributed by atoms with van der Waals surface area (Å²) in [4.78, 5) is 4.70. The number of nitrogens with zero attached hydrogens (tertiary/aromatic N) is 2. The predicted octanol–water partition coefficient (Wildman–Crippen LogP) is 3.82. The van der Waals surface area contributed by atoms with Crippen LogP contribution in [0.3, 0.4) is 0 Å². The van der Waals surface area contributed by atoms with Gasteiger partial charge < -0.3 is 10.3 Å². The van der Waals surface area contributed by atoms with Crippen molar-refractivity contribution in [2.45, 2.75) is 58.5 Å². The normalized spacial score (nSPS) is 17.4. The Morgan fingerprint density at radius 2 is 2.10 bits per heavy atom. The summed E-state index contributed by atoms with van der Waals surface area (Å²) in [6.07, 6.45) is 4.02. The molecule has 1 atom stereocenters. The smallest absolute Gasteiger partial charge is 0.125 e. The number of aromatic nitrogens is 2. The lowest BCUT2D eigenvalue weighted by atomic mass is 9.87. The lowest BCUT2D eigenvalue weighted by Gasteiger charge is -2.23. The van der Waals surface area contributed by atoms with Crippen molar-refractivity contribution in [1.29, 1.82) is 0 Å². The summed E-state index contributed by atoms with van der Waals surface area (Å²) in [6, 6.07) is 5.41. The summed E-state index contributed by atoms with van der Waals surface area (Å²) < 4.78 is 15.7. The van der Waals surface area contributed by atoms with Gasteiger partial charge in [0.2, 0.25) is 0 Å². The van der Waals surface area contributed by atoms with Crippen molar-refractivity contribution in [1.82, 2.24) is 9.55 Å². The first-order valence-electron chi connectivity index (χ1n) is 7.75. The highest BCUT2D eigenvalue weighted by molar-refractivity contribution is 5.76. The molecule has 0 amide bonds. The highest BCUT2D eigenvalue weighted by atomic mass is 19.1. The number of halogens is 1. The monoisotopic (exact) mass is 289 g/mol. The molecule has 1 saturated carbocycles. The zero-order valence-electron chi connectivity index (χ0n) is 13.1. The van der Waals surface area contributed by atoms with Gasteiger partial charge in [-0.2, -0.15) is 0 Å². The second-order valence-electron chi connectivity index (χ2n) is 7.49. The molecule has 1 unspecified atom stereocenters. The van der Waals surface area contributed by atoms with Gasteiger partial charge in [0.05, 0.1) is 11.0 Å². The number of nitrogens with two attached hydrogens (primary N) is 1. The van der Waals surface area contributed by atoms with Crippen molar-refractivity contribution >= 4 is 11.0 Å². The van der Waals surface area contributed by atoms with E-state index >= 15 is 0 Å². The Kier molecular flexibility index (Phi) is 3.52. The van der Waals surface area contributed by atoms with Crippen molar-refractivity contribution in [3.05, 3.63) is 29.8 Å². The van der Waals surface area contributed by atoms with Crippen LogP contribution in [0.5, 0.6) is 0 Å². The standard InChI is InChI=1S/C17H24FN3/c1-17(2,3)10-12(19)9-16-20-14-7-4-11(18)8-15(14)21(16)13-5-6-13/h4,7-8,12-13H,5-6,9-10,19H2,1-3H3. The highest BCUT2D eigenvalue weighted by Gasteiger charge is 2.29. The second kappa shape index (κ2) is 5.09. The van der Waals surface area contributed by atoms with Gasteiger partial charge in [-0.25, -0.2) is 9.37 Å². The summed E-state index contributed by atoms with van der Waals surface area (Å²) >= 11 is 0. The van der Waals surface area contributed by atoms with E-state index in [-0.39, 0.29) is 17.3 Å². The van der Waals surface area contributed by atoms with Crippen LogP contribution in [0.25, 0.3) is 11.0 Å². The minimum Gasteiger partial charge on any atom is -0.327 e. The first-order chi connectivity index (χ1) is 9.83. The molecule has 0 radical (unpaired) electrons. The molecule has 1 aromatic carbocycles. The maximum Gasteiger partial charge on any atom is 0.125 e. The van der Waals surface area contributed by atoms with E-state index in [2.05, 4.69) is 25.3 Å². The Morgan fingerprint density at radius 1 is 1.38 bits per heavy atom. The topological polar surface area (TPSA) is 43.8 Å². The summed E-state index contributed by atoms with van der Waals surface area (Å²) in [6.45, 7) is 6.60. The van der Waals surface area contributed by atoms with Gasteiger partial charge >= 0.3 is 0 Å². The van der Waals surface area contributed by atoms with Gasteiger partial charge in [-0.3, -0.25) is 0 Å². The first-order valence-corrected chi connectivity index (χ1v) is 7.75. The van der Waals surface area contributed by atoms with Gasteiger partial charge in [0.25, 0.3) is 0 Å². The van der Waals surface area contributed by atoms with Crippen LogP contribution in [0.2, 0.25) is 0 Å². The average molecular weight is 289 g/mol. The van der Waals surface area contributed by atoms with Crippen molar-refractivity contribution in [3.8, 4) is 0 Å². The third kappa shape index (κ3) is 3.26. The molecule has 0 aliphatic heterocycles. The third-order valence-electron chi connectivity index (χ3n) is 3.96. The number of benzene rings is 1. The molecule has 0 bridgehead atoms. The molecular weight excluding hydrogens is 265 g/mol. The number of hydrogen-bond donors (Lipinski definition) is 1. The quantitative estimate of drug-likeness (QED) is 0.930. The fraction of sp³-hybridized carbons (Fsp3) is 0.588. The van der Waals surface area contributed by atoms with Gasteiger partial charge in [0.1, 0.15) is 11.6 Å². The van der Waals surface area contributed by atoms with Gasteiger partial charge in [0, 0.05) is 18.5 Å². The Labute approximate surface area is 125 Å². The van der Waals surface area contributed by atoms with E-state index in [0.29, 0.717) is 6.04 Å². The number of rotatable bonds is 4. The van der Waals surface area contributed by atoms with E-state index in [1.807, 2.05) is 0 Å². The molecule has 1 aliphatic carbocycles. The molecular formula is C17H24FN3. The molecule has 0 spiro atoms. The summed E-state index contributed by atoms with van der Waals surface area (Å²) in [5.41, 5.74) is 8.30. The fourth-order valence-corrected chi connectivity index (χ4v) is 3.09. The molecule has 1 heterocycles. The fourth-order valence-electron chi connectivity index (χ4n) is 3.09. The van der Waals surface area contributed by atoms with Crippen LogP contribution >= 0.6 is 0 Å². The van der Waals surface area contributed by atoms with Crippen LogP contribution in [0.4, 0.5) is 4.39 Å². The average Bonchev–Trinajstić information content (AvgIpc) is 3.10. The van der Waals surface area contributed by atoms with E-state index in [9.17, 15) is 4.39 Å². The molecule has 1 aromatic heterocycles. The molecule has 114 valence electrons. The third-order valence-corrected chi connectivity index (χ3v) is 3.96. The van der Waals surface area contributed by atoms with Crippen LogP contribution in [0, 0.1) is 11.2 Å². The number of hydrogen-bond acceptors (Lipinski definition) is 2. The SMILES string of the molecule is CC(C)(C)CC(N)Cc1nc2ccc(F)cc2n1C1CC1. The Balaban J connectivity index is 1.92. The van der Waals surface area contributed by atoms with E-state index in [1.54, 1.807) is 12.1 Å². The van der Waals surface area contributed by atoms with Gasteiger partial charge in [-0.1, -0.05) is 20.8 Å². The zero-order valence-corrected chi connectivity index (χ0v) is 13.1. The predicted molar refractivity (Wildman–Crippen MR) is 83.7 cm³/mol. The van der Waals surface area contributed by atoms with Gasteiger partial charge in [-0.15, -0.1) is 0 Å². The van der Waals surface area contributed by atoms with Gasteiger partial charge in [-0.05, 0) is 42.9 Å². The lowest BCUT2D eigenvalue weighted by molar-refractivity contribution is 0.335. The minimum atomic E-state index is -0.199. The minimum absolute atomic E-state index is 0.0872.